The van der Waals surface area contributed by atoms with E-state index in [-0.39, 0.29) is 10.9 Å². The van der Waals surface area contributed by atoms with Gasteiger partial charge in [0.25, 0.3) is 0 Å². The highest BCUT2D eigenvalue weighted by Gasteiger charge is 2.31. The Morgan fingerprint density at radius 2 is 1.85 bits per heavy atom. The summed E-state index contributed by atoms with van der Waals surface area (Å²) in [5.74, 6) is 0. The van der Waals surface area contributed by atoms with E-state index in [1.165, 1.54) is 0 Å². The van der Waals surface area contributed by atoms with E-state index in [9.17, 15) is 21.6 Å². The van der Waals surface area contributed by atoms with E-state index in [0.717, 1.165) is 30.8 Å². The first-order chi connectivity index (χ1) is 9.18. The van der Waals surface area contributed by atoms with E-state index in [1.54, 1.807) is 0 Å². The topological polar surface area (TPSA) is 49.4 Å². The molecule has 0 radical (unpaired) electrons. The van der Waals surface area contributed by atoms with Gasteiger partial charge < -0.3 is 4.90 Å². The van der Waals surface area contributed by atoms with E-state index in [0.29, 0.717) is 13.0 Å². The fraction of sp³-hybridized carbons (Fsp3) is 0.500. The third kappa shape index (κ3) is 3.50. The van der Waals surface area contributed by atoms with Gasteiger partial charge in [-0.3, -0.25) is 0 Å². The van der Waals surface area contributed by atoms with E-state index < -0.39 is 21.8 Å². The quantitative estimate of drug-likeness (QED) is 0.924. The summed E-state index contributed by atoms with van der Waals surface area (Å²) in [6.45, 7) is 1.39. The van der Waals surface area contributed by atoms with Gasteiger partial charge in [0.2, 0.25) is 10.0 Å². The number of sulfonamides is 1. The predicted molar refractivity (Wildman–Crippen MR) is 67.7 cm³/mol. The maximum absolute atomic E-state index is 12.4. The number of benzene rings is 1. The number of rotatable bonds is 3. The molecule has 0 saturated carbocycles. The molecule has 1 atom stereocenters. The van der Waals surface area contributed by atoms with Gasteiger partial charge in [-0.2, -0.15) is 13.2 Å². The Bertz CT molecular complexity index is 569. The molecule has 1 aliphatic rings. The first kappa shape index (κ1) is 15.3. The Kier molecular flexibility index (Phi) is 4.08. The van der Waals surface area contributed by atoms with Crippen molar-refractivity contribution in [2.75, 3.05) is 20.1 Å². The fourth-order valence-corrected chi connectivity index (χ4v) is 3.40. The SMILES string of the molecule is CN1CCC(NS(=O)(=O)c2ccc(C(F)(F)F)cc2)C1. The molecule has 1 saturated heterocycles. The van der Waals surface area contributed by atoms with Crippen LogP contribution >= 0.6 is 0 Å². The lowest BCUT2D eigenvalue weighted by Crippen LogP contribution is -2.36. The highest BCUT2D eigenvalue weighted by molar-refractivity contribution is 7.89. The summed E-state index contributed by atoms with van der Waals surface area (Å²) < 4.78 is 63.8. The van der Waals surface area contributed by atoms with Crippen molar-refractivity contribution >= 4 is 10.0 Å². The van der Waals surface area contributed by atoms with Crippen LogP contribution in [0.3, 0.4) is 0 Å². The van der Waals surface area contributed by atoms with Crippen molar-refractivity contribution < 1.29 is 21.6 Å². The van der Waals surface area contributed by atoms with Gasteiger partial charge in [0.05, 0.1) is 10.5 Å². The molecule has 0 spiro atoms. The summed E-state index contributed by atoms with van der Waals surface area (Å²) in [5.41, 5.74) is -0.864. The van der Waals surface area contributed by atoms with Crippen LogP contribution in [0.4, 0.5) is 13.2 Å². The molecule has 0 aliphatic carbocycles. The highest BCUT2D eigenvalue weighted by Crippen LogP contribution is 2.29. The van der Waals surface area contributed by atoms with Crippen LogP contribution in [0.2, 0.25) is 0 Å². The number of nitrogens with zero attached hydrogens (tertiary/aromatic N) is 1. The van der Waals surface area contributed by atoms with Crippen LogP contribution < -0.4 is 4.72 Å². The second kappa shape index (κ2) is 5.34. The Labute approximate surface area is 115 Å². The number of hydrogen-bond donors (Lipinski definition) is 1. The molecule has 1 aliphatic heterocycles. The summed E-state index contributed by atoms with van der Waals surface area (Å²) in [6, 6.07) is 3.30. The zero-order valence-corrected chi connectivity index (χ0v) is 11.6. The summed E-state index contributed by atoms with van der Waals surface area (Å²) in [5, 5.41) is 0. The first-order valence-corrected chi connectivity index (χ1v) is 7.55. The number of likely N-dealkylation sites (N-methyl/N-ethyl adjacent to an activating group) is 1. The van der Waals surface area contributed by atoms with Crippen molar-refractivity contribution in [2.24, 2.45) is 0 Å². The zero-order chi connectivity index (χ0) is 15.0. The molecular weight excluding hydrogens is 293 g/mol. The van der Waals surface area contributed by atoms with Crippen LogP contribution in [0, 0.1) is 0 Å². The smallest absolute Gasteiger partial charge is 0.305 e. The van der Waals surface area contributed by atoms with Crippen molar-refractivity contribution in [3.8, 4) is 0 Å². The summed E-state index contributed by atoms with van der Waals surface area (Å²) >= 11 is 0. The molecule has 0 bridgehead atoms. The van der Waals surface area contributed by atoms with Crippen molar-refractivity contribution in [3.63, 3.8) is 0 Å². The van der Waals surface area contributed by atoms with Gasteiger partial charge in [0.1, 0.15) is 0 Å². The first-order valence-electron chi connectivity index (χ1n) is 6.06. The van der Waals surface area contributed by atoms with E-state index >= 15 is 0 Å². The summed E-state index contributed by atoms with van der Waals surface area (Å²) in [6.07, 6.45) is -3.78. The lowest BCUT2D eigenvalue weighted by atomic mass is 10.2. The van der Waals surface area contributed by atoms with Crippen LogP contribution in [-0.4, -0.2) is 39.5 Å². The van der Waals surface area contributed by atoms with E-state index in [4.69, 9.17) is 0 Å². The van der Waals surface area contributed by atoms with E-state index in [2.05, 4.69) is 4.72 Å². The molecule has 1 unspecified atom stereocenters. The Morgan fingerprint density at radius 1 is 1.25 bits per heavy atom. The fourth-order valence-electron chi connectivity index (χ4n) is 2.14. The number of nitrogens with one attached hydrogen (secondary N) is 1. The Hall–Kier alpha value is -1.12. The average molecular weight is 308 g/mol. The molecule has 1 aromatic carbocycles. The van der Waals surface area contributed by atoms with Crippen LogP contribution in [0.5, 0.6) is 0 Å². The largest absolute Gasteiger partial charge is 0.416 e. The zero-order valence-electron chi connectivity index (χ0n) is 10.8. The van der Waals surface area contributed by atoms with E-state index in [1.807, 2.05) is 11.9 Å². The molecule has 1 N–H and O–H groups in total. The van der Waals surface area contributed by atoms with Gasteiger partial charge in [-0.05, 0) is 44.3 Å². The molecule has 112 valence electrons. The molecule has 1 aromatic rings. The monoisotopic (exact) mass is 308 g/mol. The van der Waals surface area contributed by atoms with Crippen LogP contribution in [0.15, 0.2) is 29.2 Å². The number of hydrogen-bond acceptors (Lipinski definition) is 3. The predicted octanol–water partition coefficient (Wildman–Crippen LogP) is 1.69. The lowest BCUT2D eigenvalue weighted by molar-refractivity contribution is -0.137. The highest BCUT2D eigenvalue weighted by atomic mass is 32.2. The molecule has 2 rings (SSSR count). The van der Waals surface area contributed by atoms with Crippen LogP contribution in [0.1, 0.15) is 12.0 Å². The minimum atomic E-state index is -4.47. The van der Waals surface area contributed by atoms with Crippen molar-refractivity contribution in [1.82, 2.24) is 9.62 Å². The standard InChI is InChI=1S/C12H15F3N2O2S/c1-17-7-6-10(8-17)16-20(18,19)11-4-2-9(3-5-11)12(13,14)15/h2-5,10,16H,6-8H2,1H3. The Balaban J connectivity index is 2.13. The molecule has 20 heavy (non-hydrogen) atoms. The normalized spacial score (nSPS) is 21.3. The second-order valence-corrected chi connectivity index (χ2v) is 6.61. The summed E-state index contributed by atoms with van der Waals surface area (Å²) in [4.78, 5) is 1.83. The minimum absolute atomic E-state index is 0.153. The Morgan fingerprint density at radius 3 is 2.30 bits per heavy atom. The van der Waals surface area contributed by atoms with Crippen molar-refractivity contribution in [2.45, 2.75) is 23.5 Å². The van der Waals surface area contributed by atoms with Gasteiger partial charge in [-0.1, -0.05) is 0 Å². The molecule has 0 aromatic heterocycles. The van der Waals surface area contributed by atoms with Crippen molar-refractivity contribution in [1.29, 1.82) is 0 Å². The minimum Gasteiger partial charge on any atom is -0.305 e. The number of alkyl halides is 3. The molecule has 8 heteroatoms. The molecule has 0 amide bonds. The van der Waals surface area contributed by atoms with Gasteiger partial charge in [-0.25, -0.2) is 13.1 Å². The van der Waals surface area contributed by atoms with Gasteiger partial charge in [-0.15, -0.1) is 0 Å². The molecular formula is C12H15F3N2O2S. The van der Waals surface area contributed by atoms with Gasteiger partial charge >= 0.3 is 6.18 Å². The van der Waals surface area contributed by atoms with Gasteiger partial charge in [0.15, 0.2) is 0 Å². The number of halogens is 3. The molecule has 1 heterocycles. The lowest BCUT2D eigenvalue weighted by Gasteiger charge is -2.14. The third-order valence-corrected chi connectivity index (χ3v) is 4.74. The third-order valence-electron chi connectivity index (χ3n) is 3.21. The molecule has 4 nitrogen and oxygen atoms in total. The average Bonchev–Trinajstić information content (AvgIpc) is 2.73. The second-order valence-electron chi connectivity index (χ2n) is 4.89. The summed E-state index contributed by atoms with van der Waals surface area (Å²) in [7, 11) is -1.89. The maximum atomic E-state index is 12.4. The van der Waals surface area contributed by atoms with Crippen molar-refractivity contribution in [3.05, 3.63) is 29.8 Å². The van der Waals surface area contributed by atoms with Crippen LogP contribution in [0.25, 0.3) is 0 Å². The number of likely N-dealkylation sites (tertiary alicyclic amines) is 1. The van der Waals surface area contributed by atoms with Gasteiger partial charge in [0, 0.05) is 12.6 Å². The molecule has 1 fully saturated rings. The van der Waals surface area contributed by atoms with Crippen LogP contribution in [-0.2, 0) is 16.2 Å². The maximum Gasteiger partial charge on any atom is 0.416 e.